The fraction of sp³-hybridized carbons (Fsp3) is 0.750. The zero-order valence-electron chi connectivity index (χ0n) is 22.5. The quantitative estimate of drug-likeness (QED) is 0.256. The molecule has 0 aromatic carbocycles. The number of carbonyl (C=O) groups is 5. The lowest BCUT2D eigenvalue weighted by molar-refractivity contribution is -0.184. The number of fused-ring (bicyclic) bond motifs is 5. The molecule has 1 amide bonds. The molecule has 3 fully saturated rings. The number of carbonyl (C=O) groups excluding carboxylic acids is 4. The maximum atomic E-state index is 13.3. The summed E-state index contributed by atoms with van der Waals surface area (Å²) < 4.78 is 5.07. The Morgan fingerprint density at radius 1 is 1.13 bits per heavy atom. The molecule has 11 heteroatoms. The second-order valence-corrected chi connectivity index (χ2v) is 12.2. The van der Waals surface area contributed by atoms with Gasteiger partial charge >= 0.3 is 11.9 Å². The Balaban J connectivity index is 1.39. The Kier molecular flexibility index (Phi) is 8.08. The predicted molar refractivity (Wildman–Crippen MR) is 135 cm³/mol. The van der Waals surface area contributed by atoms with E-state index in [4.69, 9.17) is 14.9 Å². The first-order chi connectivity index (χ1) is 18.3. The first-order valence-electron chi connectivity index (χ1n) is 13.7. The molecule has 0 spiro atoms. The minimum absolute atomic E-state index is 0.0102. The van der Waals surface area contributed by atoms with Crippen LogP contribution in [0.1, 0.15) is 71.6 Å². The molecular formula is C28H39NO10. The number of ketones is 2. The molecule has 11 nitrogen and oxygen atoms in total. The van der Waals surface area contributed by atoms with Crippen molar-refractivity contribution in [1.29, 1.82) is 0 Å². The Bertz CT molecular complexity index is 1090. The van der Waals surface area contributed by atoms with E-state index >= 15 is 0 Å². The first kappa shape index (κ1) is 29.4. The summed E-state index contributed by atoms with van der Waals surface area (Å²) in [5, 5.41) is 43.1. The fourth-order valence-corrected chi connectivity index (χ4v) is 8.16. The van der Waals surface area contributed by atoms with Crippen LogP contribution in [-0.2, 0) is 28.7 Å². The number of esters is 1. The molecule has 0 saturated heterocycles. The molecule has 8 atom stereocenters. The van der Waals surface area contributed by atoms with Crippen LogP contribution in [0.5, 0.6) is 0 Å². The number of carboxylic acid groups (broad SMARTS) is 1. The lowest BCUT2D eigenvalue weighted by Gasteiger charge is -2.60. The van der Waals surface area contributed by atoms with Crippen LogP contribution in [0.3, 0.4) is 0 Å². The Hall–Kier alpha value is -2.63. The van der Waals surface area contributed by atoms with Gasteiger partial charge in [-0.25, -0.2) is 4.79 Å². The molecular weight excluding hydrogens is 510 g/mol. The number of aliphatic carboxylic acids is 1. The summed E-state index contributed by atoms with van der Waals surface area (Å²) in [6, 6.07) is -1.49. The smallest absolute Gasteiger partial charge is 0.328 e. The molecule has 39 heavy (non-hydrogen) atoms. The van der Waals surface area contributed by atoms with Gasteiger partial charge in [-0.1, -0.05) is 19.4 Å². The number of Topliss-reactive ketones (excluding diaryl/α,β-unsaturated/α-hetero) is 1. The predicted octanol–water partition coefficient (Wildman–Crippen LogP) is 0.674. The summed E-state index contributed by atoms with van der Waals surface area (Å²) in [5.41, 5.74) is -1.88. The van der Waals surface area contributed by atoms with Crippen LogP contribution >= 0.6 is 0 Å². The van der Waals surface area contributed by atoms with Crippen molar-refractivity contribution in [3.8, 4) is 0 Å². The minimum Gasteiger partial charge on any atom is -0.480 e. The van der Waals surface area contributed by atoms with Crippen LogP contribution < -0.4 is 5.32 Å². The molecule has 0 aromatic heterocycles. The monoisotopic (exact) mass is 549 g/mol. The van der Waals surface area contributed by atoms with E-state index in [9.17, 15) is 34.2 Å². The molecule has 0 aromatic rings. The standard InChI is InChI=1S/C28H39NO10/c1-26-9-7-16(31)11-15(26)3-4-17-18-8-10-28(38,27(18,2)12-20(32)24(17)26)21(33)14-39-23(35)6-5-22(34)29-19(13-30)25(36)37/h11,17-20,24,30,32,38H,3-10,12-14H2,1-2H3,(H,29,34)(H,36,37). The third-order valence-electron chi connectivity index (χ3n) is 10.2. The topological polar surface area (TPSA) is 188 Å². The first-order valence-corrected chi connectivity index (χ1v) is 13.7. The van der Waals surface area contributed by atoms with E-state index in [0.29, 0.717) is 19.3 Å². The normalized spacial score (nSPS) is 38.0. The van der Waals surface area contributed by atoms with Crippen molar-refractivity contribution < 1.29 is 49.1 Å². The summed E-state index contributed by atoms with van der Waals surface area (Å²) >= 11 is 0. The van der Waals surface area contributed by atoms with E-state index in [1.54, 1.807) is 6.08 Å². The molecule has 0 heterocycles. The van der Waals surface area contributed by atoms with Gasteiger partial charge in [-0.2, -0.15) is 0 Å². The van der Waals surface area contributed by atoms with Crippen LogP contribution in [0.15, 0.2) is 11.6 Å². The molecule has 8 unspecified atom stereocenters. The van der Waals surface area contributed by atoms with Gasteiger partial charge in [0, 0.05) is 18.3 Å². The van der Waals surface area contributed by atoms with E-state index < -0.39 is 72.8 Å². The highest BCUT2D eigenvalue weighted by Crippen LogP contribution is 2.67. The molecule has 216 valence electrons. The number of ether oxygens (including phenoxy) is 1. The van der Waals surface area contributed by atoms with E-state index in [0.717, 1.165) is 18.4 Å². The highest BCUT2D eigenvalue weighted by atomic mass is 16.5. The summed E-state index contributed by atoms with van der Waals surface area (Å²) in [4.78, 5) is 60.3. The third-order valence-corrected chi connectivity index (χ3v) is 10.2. The molecule has 0 radical (unpaired) electrons. The van der Waals surface area contributed by atoms with Gasteiger partial charge in [0.25, 0.3) is 0 Å². The molecule has 3 saturated carbocycles. The fourth-order valence-electron chi connectivity index (χ4n) is 8.16. The summed E-state index contributed by atoms with van der Waals surface area (Å²) in [6.45, 7) is 2.49. The third kappa shape index (κ3) is 5.04. The maximum absolute atomic E-state index is 13.3. The van der Waals surface area contributed by atoms with E-state index in [2.05, 4.69) is 12.2 Å². The number of carboxylic acids is 1. The van der Waals surface area contributed by atoms with Crippen LogP contribution in [0, 0.1) is 28.6 Å². The number of rotatable bonds is 9. The SMILES string of the molecule is CC12CCC(=O)C=C1CCC1C2C(O)CC2(C)C1CCC2(O)C(=O)COC(=O)CCC(=O)NC(CO)C(=O)O. The van der Waals surface area contributed by atoms with Crippen molar-refractivity contribution in [3.63, 3.8) is 0 Å². The van der Waals surface area contributed by atoms with Crippen molar-refractivity contribution in [2.75, 3.05) is 13.2 Å². The van der Waals surface area contributed by atoms with Gasteiger partial charge in [0.15, 0.2) is 12.4 Å². The molecule has 4 aliphatic rings. The highest BCUT2D eigenvalue weighted by molar-refractivity contribution is 5.92. The number of amides is 1. The molecule has 5 N–H and O–H groups in total. The Morgan fingerprint density at radius 3 is 2.51 bits per heavy atom. The number of hydrogen-bond acceptors (Lipinski definition) is 9. The zero-order valence-corrected chi connectivity index (χ0v) is 22.5. The van der Waals surface area contributed by atoms with Gasteiger partial charge in [-0.3, -0.25) is 19.2 Å². The number of aliphatic hydroxyl groups is 3. The molecule has 0 aliphatic heterocycles. The number of nitrogens with one attached hydrogen (secondary N) is 1. The van der Waals surface area contributed by atoms with Gasteiger partial charge < -0.3 is 30.5 Å². The van der Waals surface area contributed by atoms with Gasteiger partial charge in [0.05, 0.1) is 19.1 Å². The highest BCUT2D eigenvalue weighted by Gasteiger charge is 2.68. The van der Waals surface area contributed by atoms with Crippen LogP contribution in [0.25, 0.3) is 0 Å². The number of hydrogen-bond donors (Lipinski definition) is 5. The lowest BCUT2D eigenvalue weighted by Crippen LogP contribution is -2.62. The summed E-state index contributed by atoms with van der Waals surface area (Å²) in [5.74, 6) is -3.53. The second-order valence-electron chi connectivity index (χ2n) is 12.2. The van der Waals surface area contributed by atoms with E-state index in [-0.39, 0.29) is 41.8 Å². The summed E-state index contributed by atoms with van der Waals surface area (Å²) in [6.07, 6.45) is 3.88. The van der Waals surface area contributed by atoms with E-state index in [1.165, 1.54) is 0 Å². The van der Waals surface area contributed by atoms with Gasteiger partial charge in [-0.15, -0.1) is 0 Å². The van der Waals surface area contributed by atoms with Crippen LogP contribution in [0.4, 0.5) is 0 Å². The Labute approximate surface area is 227 Å². The van der Waals surface area contributed by atoms with Crippen molar-refractivity contribution in [1.82, 2.24) is 5.32 Å². The van der Waals surface area contributed by atoms with Gasteiger partial charge in [-0.05, 0) is 67.8 Å². The maximum Gasteiger partial charge on any atom is 0.328 e. The second kappa shape index (κ2) is 10.7. The van der Waals surface area contributed by atoms with Crippen LogP contribution in [-0.4, -0.2) is 80.8 Å². The zero-order chi connectivity index (χ0) is 28.8. The van der Waals surface area contributed by atoms with Crippen molar-refractivity contribution >= 4 is 29.4 Å². The molecule has 0 bridgehead atoms. The van der Waals surface area contributed by atoms with Crippen LogP contribution in [0.2, 0.25) is 0 Å². The van der Waals surface area contributed by atoms with Gasteiger partial charge in [0.2, 0.25) is 11.7 Å². The van der Waals surface area contributed by atoms with E-state index in [1.807, 2.05) is 6.92 Å². The number of allylic oxidation sites excluding steroid dienone is 1. The average Bonchev–Trinajstić information content (AvgIpc) is 3.15. The minimum atomic E-state index is -1.78. The Morgan fingerprint density at radius 2 is 1.85 bits per heavy atom. The lowest BCUT2D eigenvalue weighted by atomic mass is 9.45. The van der Waals surface area contributed by atoms with Crippen molar-refractivity contribution in [2.45, 2.75) is 89.4 Å². The van der Waals surface area contributed by atoms with Crippen molar-refractivity contribution in [2.24, 2.45) is 28.6 Å². The number of aliphatic hydroxyl groups excluding tert-OH is 2. The summed E-state index contributed by atoms with van der Waals surface area (Å²) in [7, 11) is 0. The van der Waals surface area contributed by atoms with Crippen molar-refractivity contribution in [3.05, 3.63) is 11.6 Å². The van der Waals surface area contributed by atoms with Gasteiger partial charge in [0.1, 0.15) is 11.6 Å². The molecule has 4 aliphatic carbocycles. The average molecular weight is 550 g/mol. The molecule has 4 rings (SSSR count). The largest absolute Gasteiger partial charge is 0.480 e.